The van der Waals surface area contributed by atoms with Crippen LogP contribution in [-0.4, -0.2) is 23.7 Å². The summed E-state index contributed by atoms with van der Waals surface area (Å²) in [6.07, 6.45) is 0.771. The second kappa shape index (κ2) is 6.47. The predicted molar refractivity (Wildman–Crippen MR) is 70.7 cm³/mol. The third-order valence-electron chi connectivity index (χ3n) is 2.06. The third-order valence-corrected chi connectivity index (χ3v) is 2.58. The molecule has 0 bridgehead atoms. The number of nitrogens with one attached hydrogen (secondary N) is 2. The van der Waals surface area contributed by atoms with E-state index in [2.05, 4.69) is 10.6 Å². The predicted octanol–water partition coefficient (Wildman–Crippen LogP) is 3.22. The highest BCUT2D eigenvalue weighted by Gasteiger charge is 2.16. The molecular formula is C11H12Cl2N2O3. The molecule has 0 spiro atoms. The van der Waals surface area contributed by atoms with Crippen LogP contribution >= 0.6 is 23.2 Å². The zero-order chi connectivity index (χ0) is 13.7. The largest absolute Gasteiger partial charge is 0.478 e. The van der Waals surface area contributed by atoms with Gasteiger partial charge in [-0.25, -0.2) is 9.59 Å². The molecule has 0 aromatic heterocycles. The first-order valence-corrected chi connectivity index (χ1v) is 5.98. The smallest absolute Gasteiger partial charge is 0.337 e. The summed E-state index contributed by atoms with van der Waals surface area (Å²) in [5.74, 6) is -1.22. The highest BCUT2D eigenvalue weighted by atomic mass is 35.5. The molecule has 0 saturated heterocycles. The molecule has 5 nitrogen and oxygen atoms in total. The molecular weight excluding hydrogens is 279 g/mol. The molecule has 0 atom stereocenters. The van der Waals surface area contributed by atoms with Gasteiger partial charge in [-0.3, -0.25) is 0 Å². The molecule has 0 unspecified atom stereocenters. The first kappa shape index (κ1) is 14.6. The quantitative estimate of drug-likeness (QED) is 0.797. The van der Waals surface area contributed by atoms with Gasteiger partial charge >= 0.3 is 12.0 Å². The van der Waals surface area contributed by atoms with Crippen LogP contribution in [-0.2, 0) is 0 Å². The minimum absolute atomic E-state index is 0.0298. The molecule has 0 aliphatic carbocycles. The Balaban J connectivity index is 3.00. The normalized spacial score (nSPS) is 9.94. The van der Waals surface area contributed by atoms with E-state index in [9.17, 15) is 9.59 Å². The number of anilines is 1. The number of hydrogen-bond donors (Lipinski definition) is 3. The summed E-state index contributed by atoms with van der Waals surface area (Å²) in [4.78, 5) is 22.5. The number of aromatic carboxylic acids is 1. The Morgan fingerprint density at radius 1 is 1.33 bits per heavy atom. The summed E-state index contributed by atoms with van der Waals surface area (Å²) in [7, 11) is 0. The van der Waals surface area contributed by atoms with Crippen molar-refractivity contribution < 1.29 is 14.7 Å². The monoisotopic (exact) mass is 290 g/mol. The van der Waals surface area contributed by atoms with Gasteiger partial charge in [0.05, 0.1) is 16.3 Å². The number of urea groups is 1. The number of amides is 2. The van der Waals surface area contributed by atoms with Crippen LogP contribution in [0.4, 0.5) is 10.5 Å². The van der Waals surface area contributed by atoms with E-state index < -0.39 is 12.0 Å². The summed E-state index contributed by atoms with van der Waals surface area (Å²) >= 11 is 11.6. The lowest BCUT2D eigenvalue weighted by Gasteiger charge is -2.11. The van der Waals surface area contributed by atoms with Gasteiger partial charge in [-0.15, -0.1) is 0 Å². The first-order valence-electron chi connectivity index (χ1n) is 5.23. The van der Waals surface area contributed by atoms with E-state index in [0.717, 1.165) is 6.42 Å². The topological polar surface area (TPSA) is 78.4 Å². The van der Waals surface area contributed by atoms with Gasteiger partial charge in [0.25, 0.3) is 0 Å². The Labute approximate surface area is 114 Å². The molecule has 18 heavy (non-hydrogen) atoms. The van der Waals surface area contributed by atoms with Crippen molar-refractivity contribution in [1.29, 1.82) is 0 Å². The van der Waals surface area contributed by atoms with Crippen molar-refractivity contribution in [2.45, 2.75) is 13.3 Å². The minimum atomic E-state index is -1.22. The van der Waals surface area contributed by atoms with Crippen molar-refractivity contribution in [1.82, 2.24) is 5.32 Å². The number of halogens is 2. The lowest BCUT2D eigenvalue weighted by molar-refractivity contribution is 0.0698. The van der Waals surface area contributed by atoms with E-state index in [1.165, 1.54) is 12.1 Å². The summed E-state index contributed by atoms with van der Waals surface area (Å²) in [6.45, 7) is 2.39. The van der Waals surface area contributed by atoms with Crippen LogP contribution in [0.2, 0.25) is 10.0 Å². The zero-order valence-electron chi connectivity index (χ0n) is 9.59. The summed E-state index contributed by atoms with van der Waals surface area (Å²) in [5, 5.41) is 14.2. The number of benzene rings is 1. The van der Waals surface area contributed by atoms with Crippen LogP contribution in [0.15, 0.2) is 12.1 Å². The van der Waals surface area contributed by atoms with Gasteiger partial charge in [0.1, 0.15) is 0 Å². The molecule has 1 aromatic carbocycles. The number of carbonyl (C=O) groups is 2. The molecule has 2 amide bonds. The zero-order valence-corrected chi connectivity index (χ0v) is 11.1. The molecule has 1 rings (SSSR count). The van der Waals surface area contributed by atoms with Crippen LogP contribution in [0.3, 0.4) is 0 Å². The van der Waals surface area contributed by atoms with Gasteiger partial charge in [-0.1, -0.05) is 30.1 Å². The average Bonchev–Trinajstić information content (AvgIpc) is 2.29. The van der Waals surface area contributed by atoms with E-state index in [-0.39, 0.29) is 21.3 Å². The lowest BCUT2D eigenvalue weighted by Crippen LogP contribution is -2.30. The lowest BCUT2D eigenvalue weighted by atomic mass is 10.2. The maximum Gasteiger partial charge on any atom is 0.337 e. The number of carboxylic acids is 1. The van der Waals surface area contributed by atoms with Crippen LogP contribution in [0.5, 0.6) is 0 Å². The molecule has 98 valence electrons. The standard InChI is InChI=1S/C11H12Cl2N2O3/c1-2-3-14-11(18)15-9-7(10(16)17)4-6(12)5-8(9)13/h4-5H,2-3H2,1H3,(H,16,17)(H2,14,15,18). The molecule has 0 heterocycles. The van der Waals surface area contributed by atoms with Gasteiger partial charge in [0.15, 0.2) is 0 Å². The molecule has 0 saturated carbocycles. The molecule has 0 aliphatic heterocycles. The van der Waals surface area contributed by atoms with Crippen LogP contribution in [0, 0.1) is 0 Å². The van der Waals surface area contributed by atoms with Crippen molar-refractivity contribution in [2.24, 2.45) is 0 Å². The average molecular weight is 291 g/mol. The van der Waals surface area contributed by atoms with Crippen molar-refractivity contribution in [3.8, 4) is 0 Å². The maximum absolute atomic E-state index is 11.5. The Morgan fingerprint density at radius 3 is 2.56 bits per heavy atom. The molecule has 1 aromatic rings. The number of rotatable bonds is 4. The molecule has 3 N–H and O–H groups in total. The first-order chi connectivity index (χ1) is 8.45. The van der Waals surface area contributed by atoms with Gasteiger partial charge < -0.3 is 15.7 Å². The Bertz CT molecular complexity index is 478. The van der Waals surface area contributed by atoms with E-state index >= 15 is 0 Å². The Hall–Kier alpha value is -1.46. The minimum Gasteiger partial charge on any atom is -0.478 e. The molecule has 0 aliphatic rings. The van der Waals surface area contributed by atoms with Gasteiger partial charge in [0, 0.05) is 11.6 Å². The van der Waals surface area contributed by atoms with E-state index in [1.54, 1.807) is 0 Å². The summed E-state index contributed by atoms with van der Waals surface area (Å²) in [5.41, 5.74) is -0.124. The number of carboxylic acid groups (broad SMARTS) is 1. The second-order valence-electron chi connectivity index (χ2n) is 3.50. The highest BCUT2D eigenvalue weighted by molar-refractivity contribution is 6.37. The van der Waals surface area contributed by atoms with Crippen LogP contribution in [0.1, 0.15) is 23.7 Å². The van der Waals surface area contributed by atoms with E-state index in [4.69, 9.17) is 28.3 Å². The fourth-order valence-corrected chi connectivity index (χ4v) is 1.81. The Kier molecular flexibility index (Phi) is 5.25. The van der Waals surface area contributed by atoms with Crippen molar-refractivity contribution in [3.63, 3.8) is 0 Å². The van der Waals surface area contributed by atoms with Gasteiger partial charge in [-0.2, -0.15) is 0 Å². The van der Waals surface area contributed by atoms with E-state index in [1.807, 2.05) is 6.92 Å². The highest BCUT2D eigenvalue weighted by Crippen LogP contribution is 2.30. The van der Waals surface area contributed by atoms with Gasteiger partial charge in [0.2, 0.25) is 0 Å². The van der Waals surface area contributed by atoms with Crippen LogP contribution < -0.4 is 10.6 Å². The molecule has 0 radical (unpaired) electrons. The SMILES string of the molecule is CCCNC(=O)Nc1c(Cl)cc(Cl)cc1C(=O)O. The van der Waals surface area contributed by atoms with E-state index in [0.29, 0.717) is 6.54 Å². The Morgan fingerprint density at radius 2 is 2.00 bits per heavy atom. The van der Waals surface area contributed by atoms with Gasteiger partial charge in [-0.05, 0) is 18.6 Å². The summed E-state index contributed by atoms with van der Waals surface area (Å²) < 4.78 is 0. The molecule has 7 heteroatoms. The fraction of sp³-hybridized carbons (Fsp3) is 0.273. The van der Waals surface area contributed by atoms with Crippen molar-refractivity contribution in [2.75, 3.05) is 11.9 Å². The number of carbonyl (C=O) groups excluding carboxylic acids is 1. The maximum atomic E-state index is 11.5. The summed E-state index contributed by atoms with van der Waals surface area (Å²) in [6, 6.07) is 2.08. The van der Waals surface area contributed by atoms with Crippen LogP contribution in [0.25, 0.3) is 0 Å². The second-order valence-corrected chi connectivity index (χ2v) is 4.34. The van der Waals surface area contributed by atoms with Crippen molar-refractivity contribution >= 4 is 40.9 Å². The molecule has 0 fully saturated rings. The fourth-order valence-electron chi connectivity index (χ4n) is 1.27. The third kappa shape index (κ3) is 3.78. The number of hydrogen-bond acceptors (Lipinski definition) is 2. The van der Waals surface area contributed by atoms with Crippen molar-refractivity contribution in [3.05, 3.63) is 27.7 Å².